The number of hydrogen-bond donors (Lipinski definition) is 1. The van der Waals surface area contributed by atoms with E-state index in [-0.39, 0.29) is 24.6 Å². The van der Waals surface area contributed by atoms with E-state index < -0.39 is 12.0 Å². The molecule has 0 saturated carbocycles. The number of amides is 3. The third-order valence-corrected chi connectivity index (χ3v) is 7.34. The van der Waals surface area contributed by atoms with Crippen LogP contribution in [-0.2, 0) is 9.53 Å². The lowest BCUT2D eigenvalue weighted by atomic mass is 9.94. The van der Waals surface area contributed by atoms with Gasteiger partial charge in [0.1, 0.15) is 0 Å². The molecule has 2 aromatic rings. The van der Waals surface area contributed by atoms with Gasteiger partial charge >= 0.3 is 12.0 Å². The second-order valence-electron chi connectivity index (χ2n) is 8.94. The van der Waals surface area contributed by atoms with Crippen molar-refractivity contribution in [1.82, 2.24) is 20.0 Å². The lowest BCUT2D eigenvalue weighted by Crippen LogP contribution is -2.56. The topological polar surface area (TPSA) is 95.3 Å². The number of hydrogen-bond acceptors (Lipinski definition) is 6. The van der Waals surface area contributed by atoms with Gasteiger partial charge in [0.2, 0.25) is 0 Å². The van der Waals surface area contributed by atoms with Crippen LogP contribution < -0.4 is 5.32 Å². The SMILES string of the molecule is CCOC(=O)C1=C(CN2CCN(C(=O)c3ccco3)[C@@H](C)C2)N(CC)C(=O)N[C@@H]1c1ccc(Cl)c(Cl)c1. The van der Waals surface area contributed by atoms with E-state index in [0.29, 0.717) is 65.4 Å². The predicted molar refractivity (Wildman–Crippen MR) is 139 cm³/mol. The van der Waals surface area contributed by atoms with E-state index >= 15 is 0 Å². The smallest absolute Gasteiger partial charge is 0.338 e. The first kappa shape index (κ1) is 27.0. The second kappa shape index (κ2) is 11.6. The Morgan fingerprint density at radius 1 is 1.16 bits per heavy atom. The number of ether oxygens (including phenoxy) is 1. The van der Waals surface area contributed by atoms with Crippen LogP contribution in [0.15, 0.2) is 52.3 Å². The standard InChI is InChI=1S/C26H30Cl2N4O5/c1-4-31-20(15-30-10-11-32(16(3)14-30)24(33)21-7-6-12-37-21)22(25(34)36-5-2)23(29-26(31)35)17-8-9-18(27)19(28)13-17/h6-9,12-13,16,23H,4-5,10-11,14-15H2,1-3H3,(H,29,35)/t16-,23+/m0/s1. The van der Waals surface area contributed by atoms with Crippen LogP contribution in [-0.4, -0.2) is 78.0 Å². The van der Waals surface area contributed by atoms with Gasteiger partial charge in [0.15, 0.2) is 5.76 Å². The van der Waals surface area contributed by atoms with E-state index in [4.69, 9.17) is 32.4 Å². The molecule has 1 N–H and O–H groups in total. The number of urea groups is 1. The van der Waals surface area contributed by atoms with Crippen molar-refractivity contribution in [3.63, 3.8) is 0 Å². The molecule has 3 heterocycles. The Labute approximate surface area is 225 Å². The fraction of sp³-hybridized carbons (Fsp3) is 0.423. The van der Waals surface area contributed by atoms with Crippen molar-refractivity contribution in [3.05, 3.63) is 69.2 Å². The van der Waals surface area contributed by atoms with Crippen LogP contribution in [0.2, 0.25) is 10.0 Å². The quantitative estimate of drug-likeness (QED) is 0.517. The molecule has 11 heteroatoms. The number of likely N-dealkylation sites (N-methyl/N-ethyl adjacent to an activating group) is 1. The Kier molecular flexibility index (Phi) is 8.46. The van der Waals surface area contributed by atoms with Gasteiger partial charge in [-0.15, -0.1) is 0 Å². The Hall–Kier alpha value is -3.01. The molecule has 2 atom stereocenters. The van der Waals surface area contributed by atoms with Crippen LogP contribution in [0.25, 0.3) is 0 Å². The summed E-state index contributed by atoms with van der Waals surface area (Å²) in [5.74, 6) is -0.361. The number of nitrogens with one attached hydrogen (secondary N) is 1. The van der Waals surface area contributed by atoms with Crippen LogP contribution in [0.5, 0.6) is 0 Å². The predicted octanol–water partition coefficient (Wildman–Crippen LogP) is 4.34. The summed E-state index contributed by atoms with van der Waals surface area (Å²) in [6, 6.07) is 7.19. The van der Waals surface area contributed by atoms with Gasteiger partial charge in [-0.1, -0.05) is 29.3 Å². The van der Waals surface area contributed by atoms with Gasteiger partial charge in [-0.05, 0) is 50.6 Å². The maximum Gasteiger partial charge on any atom is 0.338 e. The Bertz CT molecular complexity index is 1200. The van der Waals surface area contributed by atoms with Gasteiger partial charge in [-0.2, -0.15) is 0 Å². The zero-order valence-corrected chi connectivity index (χ0v) is 22.5. The van der Waals surface area contributed by atoms with E-state index in [1.54, 1.807) is 47.1 Å². The molecular weight excluding hydrogens is 519 g/mol. The Balaban J connectivity index is 1.66. The molecule has 0 spiro atoms. The van der Waals surface area contributed by atoms with Gasteiger partial charge in [-0.3, -0.25) is 14.6 Å². The van der Waals surface area contributed by atoms with Gasteiger partial charge in [0.05, 0.1) is 34.5 Å². The number of esters is 1. The molecule has 0 unspecified atom stereocenters. The minimum Gasteiger partial charge on any atom is -0.463 e. The van der Waals surface area contributed by atoms with E-state index in [1.165, 1.54) is 6.26 Å². The first-order chi connectivity index (χ1) is 17.7. The van der Waals surface area contributed by atoms with Crippen molar-refractivity contribution < 1.29 is 23.5 Å². The van der Waals surface area contributed by atoms with Crippen molar-refractivity contribution in [3.8, 4) is 0 Å². The highest BCUT2D eigenvalue weighted by Gasteiger charge is 2.39. The molecule has 1 aromatic carbocycles. The number of benzene rings is 1. The number of halogens is 2. The van der Waals surface area contributed by atoms with Crippen LogP contribution in [0.3, 0.4) is 0 Å². The summed E-state index contributed by atoms with van der Waals surface area (Å²) in [6.45, 7) is 8.05. The molecule has 1 fully saturated rings. The first-order valence-corrected chi connectivity index (χ1v) is 13.0. The number of carbonyl (C=O) groups is 3. The Morgan fingerprint density at radius 2 is 1.95 bits per heavy atom. The molecule has 2 aliphatic heterocycles. The summed E-state index contributed by atoms with van der Waals surface area (Å²) < 4.78 is 10.7. The second-order valence-corrected chi connectivity index (χ2v) is 9.76. The third-order valence-electron chi connectivity index (χ3n) is 6.60. The lowest BCUT2D eigenvalue weighted by molar-refractivity contribution is -0.139. The number of piperazine rings is 1. The molecule has 0 bridgehead atoms. The minimum atomic E-state index is -0.752. The summed E-state index contributed by atoms with van der Waals surface area (Å²) in [5.41, 5.74) is 1.54. The molecule has 0 aliphatic carbocycles. The van der Waals surface area contributed by atoms with E-state index in [2.05, 4.69) is 10.2 Å². The average Bonchev–Trinajstić information content (AvgIpc) is 3.40. The van der Waals surface area contributed by atoms with Gasteiger partial charge in [0.25, 0.3) is 5.91 Å². The molecule has 9 nitrogen and oxygen atoms in total. The maximum absolute atomic E-state index is 13.3. The van der Waals surface area contributed by atoms with Crippen molar-refractivity contribution in [1.29, 1.82) is 0 Å². The van der Waals surface area contributed by atoms with Crippen molar-refractivity contribution in [2.24, 2.45) is 0 Å². The highest BCUT2D eigenvalue weighted by molar-refractivity contribution is 6.42. The fourth-order valence-corrected chi connectivity index (χ4v) is 5.14. The number of carbonyl (C=O) groups excluding carboxylic acids is 3. The monoisotopic (exact) mass is 548 g/mol. The zero-order chi connectivity index (χ0) is 26.7. The van der Waals surface area contributed by atoms with E-state index in [0.717, 1.165) is 0 Å². The maximum atomic E-state index is 13.3. The molecule has 3 amide bonds. The Morgan fingerprint density at radius 3 is 2.57 bits per heavy atom. The molecule has 198 valence electrons. The van der Waals surface area contributed by atoms with Crippen LogP contribution in [0, 0.1) is 0 Å². The first-order valence-electron chi connectivity index (χ1n) is 12.2. The van der Waals surface area contributed by atoms with Crippen molar-refractivity contribution >= 4 is 41.1 Å². The van der Waals surface area contributed by atoms with Gasteiger partial charge in [-0.25, -0.2) is 9.59 Å². The van der Waals surface area contributed by atoms with Crippen molar-refractivity contribution in [2.45, 2.75) is 32.9 Å². The van der Waals surface area contributed by atoms with E-state index in [9.17, 15) is 14.4 Å². The number of furan rings is 1. The fourth-order valence-electron chi connectivity index (χ4n) is 4.83. The molecule has 4 rings (SSSR count). The average molecular weight is 549 g/mol. The molecule has 2 aliphatic rings. The summed E-state index contributed by atoms with van der Waals surface area (Å²) >= 11 is 12.4. The van der Waals surface area contributed by atoms with E-state index in [1.807, 2.05) is 13.8 Å². The van der Waals surface area contributed by atoms with Crippen LogP contribution >= 0.6 is 23.2 Å². The lowest BCUT2D eigenvalue weighted by Gasteiger charge is -2.42. The summed E-state index contributed by atoms with van der Waals surface area (Å²) in [7, 11) is 0. The molecular formula is C26H30Cl2N4O5. The largest absolute Gasteiger partial charge is 0.463 e. The minimum absolute atomic E-state index is 0.101. The van der Waals surface area contributed by atoms with Crippen LogP contribution in [0.1, 0.15) is 42.9 Å². The third kappa shape index (κ3) is 5.63. The highest BCUT2D eigenvalue weighted by atomic mass is 35.5. The number of rotatable bonds is 7. The molecule has 1 saturated heterocycles. The van der Waals surface area contributed by atoms with Crippen LogP contribution in [0.4, 0.5) is 4.79 Å². The van der Waals surface area contributed by atoms with Crippen molar-refractivity contribution in [2.75, 3.05) is 39.3 Å². The number of nitrogens with zero attached hydrogens (tertiary/aromatic N) is 3. The molecule has 1 aromatic heterocycles. The summed E-state index contributed by atoms with van der Waals surface area (Å²) in [5, 5.41) is 3.63. The van der Waals surface area contributed by atoms with Gasteiger partial charge < -0.3 is 19.4 Å². The molecule has 37 heavy (non-hydrogen) atoms. The highest BCUT2D eigenvalue weighted by Crippen LogP contribution is 2.35. The normalized spacial score (nSPS) is 20.7. The zero-order valence-electron chi connectivity index (χ0n) is 21.0. The molecule has 0 radical (unpaired) electrons. The summed E-state index contributed by atoms with van der Waals surface area (Å²) in [6.07, 6.45) is 1.48. The summed E-state index contributed by atoms with van der Waals surface area (Å²) in [4.78, 5) is 44.8. The van der Waals surface area contributed by atoms with Gasteiger partial charge in [0, 0.05) is 44.5 Å².